The van der Waals surface area contributed by atoms with Crippen LogP contribution in [0.5, 0.6) is 0 Å². The van der Waals surface area contributed by atoms with Crippen LogP contribution in [0.4, 0.5) is 0 Å². The summed E-state index contributed by atoms with van der Waals surface area (Å²) in [5, 5.41) is 0. The molecule has 0 spiro atoms. The SMILES string of the molecule is Cc1ccc(CN(C)C(=O)c2ncccc2Br)o1. The summed E-state index contributed by atoms with van der Waals surface area (Å²) < 4.78 is 6.14. The van der Waals surface area contributed by atoms with Crippen molar-refractivity contribution >= 4 is 21.8 Å². The molecule has 0 fully saturated rings. The third-order valence-electron chi connectivity index (χ3n) is 2.50. The van der Waals surface area contributed by atoms with Crippen molar-refractivity contribution in [1.82, 2.24) is 9.88 Å². The molecule has 0 radical (unpaired) electrons. The first-order valence-corrected chi connectivity index (χ1v) is 6.28. The van der Waals surface area contributed by atoms with E-state index >= 15 is 0 Å². The molecule has 1 amide bonds. The van der Waals surface area contributed by atoms with Crippen LogP contribution >= 0.6 is 15.9 Å². The van der Waals surface area contributed by atoms with Crippen molar-refractivity contribution in [2.45, 2.75) is 13.5 Å². The Hall–Kier alpha value is -1.62. The minimum absolute atomic E-state index is 0.142. The second-order valence-electron chi connectivity index (χ2n) is 4.01. The number of hydrogen-bond acceptors (Lipinski definition) is 3. The average molecular weight is 309 g/mol. The highest BCUT2D eigenvalue weighted by atomic mass is 79.9. The van der Waals surface area contributed by atoms with Crippen molar-refractivity contribution in [2.75, 3.05) is 7.05 Å². The lowest BCUT2D eigenvalue weighted by Crippen LogP contribution is -2.27. The minimum atomic E-state index is -0.142. The van der Waals surface area contributed by atoms with Gasteiger partial charge in [-0.05, 0) is 47.1 Å². The minimum Gasteiger partial charge on any atom is -0.464 e. The zero-order valence-electron chi connectivity index (χ0n) is 10.2. The largest absolute Gasteiger partial charge is 0.464 e. The van der Waals surface area contributed by atoms with Gasteiger partial charge in [-0.15, -0.1) is 0 Å². The third kappa shape index (κ3) is 2.79. The summed E-state index contributed by atoms with van der Waals surface area (Å²) in [6.45, 7) is 2.30. The van der Waals surface area contributed by atoms with Gasteiger partial charge in [-0.25, -0.2) is 4.98 Å². The fraction of sp³-hybridized carbons (Fsp3) is 0.231. The van der Waals surface area contributed by atoms with Crippen LogP contribution in [-0.2, 0) is 6.54 Å². The van der Waals surface area contributed by atoms with E-state index < -0.39 is 0 Å². The molecule has 0 aliphatic rings. The summed E-state index contributed by atoms with van der Waals surface area (Å²) in [5.74, 6) is 1.46. The van der Waals surface area contributed by atoms with Crippen LogP contribution in [0.3, 0.4) is 0 Å². The van der Waals surface area contributed by atoms with Gasteiger partial charge in [0.2, 0.25) is 0 Å². The molecule has 2 aromatic rings. The Kier molecular flexibility index (Phi) is 3.81. The number of furan rings is 1. The summed E-state index contributed by atoms with van der Waals surface area (Å²) in [6, 6.07) is 7.32. The quantitative estimate of drug-likeness (QED) is 0.875. The number of aromatic nitrogens is 1. The second-order valence-corrected chi connectivity index (χ2v) is 4.86. The summed E-state index contributed by atoms with van der Waals surface area (Å²) in [5.41, 5.74) is 0.406. The molecule has 0 N–H and O–H groups in total. The molecule has 0 bridgehead atoms. The normalized spacial score (nSPS) is 10.4. The number of halogens is 1. The maximum Gasteiger partial charge on any atom is 0.273 e. The number of hydrogen-bond donors (Lipinski definition) is 0. The van der Waals surface area contributed by atoms with E-state index in [9.17, 15) is 4.79 Å². The van der Waals surface area contributed by atoms with Crippen molar-refractivity contribution in [3.63, 3.8) is 0 Å². The fourth-order valence-electron chi connectivity index (χ4n) is 1.60. The highest BCUT2D eigenvalue weighted by Gasteiger charge is 2.17. The van der Waals surface area contributed by atoms with Gasteiger partial charge in [0.1, 0.15) is 17.2 Å². The first kappa shape index (κ1) is 12.8. The van der Waals surface area contributed by atoms with Crippen LogP contribution in [0.1, 0.15) is 22.0 Å². The van der Waals surface area contributed by atoms with E-state index in [1.807, 2.05) is 19.1 Å². The predicted octanol–water partition coefficient (Wildman–Crippen LogP) is 3.02. The number of nitrogens with zero attached hydrogens (tertiary/aromatic N) is 2. The molecular weight excluding hydrogens is 296 g/mol. The number of carbonyl (C=O) groups excluding carboxylic acids is 1. The molecule has 94 valence electrons. The number of carbonyl (C=O) groups is 1. The molecule has 0 aliphatic heterocycles. The van der Waals surface area contributed by atoms with Gasteiger partial charge in [-0.1, -0.05) is 0 Å². The molecule has 2 heterocycles. The molecule has 2 rings (SSSR count). The Bertz CT molecular complexity index is 566. The maximum absolute atomic E-state index is 12.2. The molecular formula is C13H13BrN2O2. The number of rotatable bonds is 3. The van der Waals surface area contributed by atoms with E-state index in [4.69, 9.17) is 4.42 Å². The lowest BCUT2D eigenvalue weighted by molar-refractivity contribution is 0.0768. The van der Waals surface area contributed by atoms with Crippen LogP contribution in [0.2, 0.25) is 0 Å². The first-order chi connectivity index (χ1) is 8.58. The third-order valence-corrected chi connectivity index (χ3v) is 3.14. The Balaban J connectivity index is 2.12. The zero-order valence-corrected chi connectivity index (χ0v) is 11.8. The monoisotopic (exact) mass is 308 g/mol. The highest BCUT2D eigenvalue weighted by Crippen LogP contribution is 2.16. The summed E-state index contributed by atoms with van der Waals surface area (Å²) >= 11 is 3.32. The molecule has 2 aromatic heterocycles. The van der Waals surface area contributed by atoms with Crippen molar-refractivity contribution in [3.05, 3.63) is 52.1 Å². The van der Waals surface area contributed by atoms with E-state index in [2.05, 4.69) is 20.9 Å². The van der Waals surface area contributed by atoms with Crippen molar-refractivity contribution in [2.24, 2.45) is 0 Å². The van der Waals surface area contributed by atoms with Gasteiger partial charge in [0.25, 0.3) is 5.91 Å². The number of pyridine rings is 1. The van der Waals surface area contributed by atoms with Crippen LogP contribution in [-0.4, -0.2) is 22.8 Å². The van der Waals surface area contributed by atoms with Crippen LogP contribution in [0.25, 0.3) is 0 Å². The van der Waals surface area contributed by atoms with E-state index in [1.165, 1.54) is 0 Å². The molecule has 0 unspecified atom stereocenters. The molecule has 0 aromatic carbocycles. The van der Waals surface area contributed by atoms with Crippen LogP contribution in [0.15, 0.2) is 39.4 Å². The lowest BCUT2D eigenvalue weighted by Gasteiger charge is -2.15. The molecule has 0 saturated heterocycles. The average Bonchev–Trinajstić information content (AvgIpc) is 2.74. The molecule has 0 atom stereocenters. The van der Waals surface area contributed by atoms with Crippen molar-refractivity contribution in [3.8, 4) is 0 Å². The molecule has 5 heteroatoms. The summed E-state index contributed by atoms with van der Waals surface area (Å²) in [4.78, 5) is 17.8. The second kappa shape index (κ2) is 5.35. The van der Waals surface area contributed by atoms with E-state index in [1.54, 1.807) is 30.3 Å². The van der Waals surface area contributed by atoms with Crippen LogP contribution in [0, 0.1) is 6.92 Å². The smallest absolute Gasteiger partial charge is 0.273 e. The van der Waals surface area contributed by atoms with Gasteiger partial charge in [-0.3, -0.25) is 4.79 Å². The fourth-order valence-corrected chi connectivity index (χ4v) is 2.02. The van der Waals surface area contributed by atoms with Crippen molar-refractivity contribution < 1.29 is 9.21 Å². The Morgan fingerprint density at radius 1 is 1.44 bits per heavy atom. The van der Waals surface area contributed by atoms with Gasteiger partial charge in [0.15, 0.2) is 0 Å². The van der Waals surface area contributed by atoms with E-state index in [0.717, 1.165) is 11.5 Å². The van der Waals surface area contributed by atoms with Gasteiger partial charge in [0, 0.05) is 17.7 Å². The Morgan fingerprint density at radius 2 is 2.22 bits per heavy atom. The topological polar surface area (TPSA) is 46.3 Å². The van der Waals surface area contributed by atoms with Crippen molar-refractivity contribution in [1.29, 1.82) is 0 Å². The molecule has 0 aliphatic carbocycles. The van der Waals surface area contributed by atoms with E-state index in [-0.39, 0.29) is 5.91 Å². The maximum atomic E-state index is 12.2. The molecule has 18 heavy (non-hydrogen) atoms. The number of aryl methyl sites for hydroxylation is 1. The summed E-state index contributed by atoms with van der Waals surface area (Å²) in [7, 11) is 1.72. The Morgan fingerprint density at radius 3 is 2.83 bits per heavy atom. The predicted molar refractivity (Wildman–Crippen MR) is 71.2 cm³/mol. The first-order valence-electron chi connectivity index (χ1n) is 5.49. The Labute approximate surface area is 114 Å². The van der Waals surface area contributed by atoms with Gasteiger partial charge < -0.3 is 9.32 Å². The van der Waals surface area contributed by atoms with Gasteiger partial charge in [0.05, 0.1) is 6.54 Å². The van der Waals surface area contributed by atoms with Gasteiger partial charge >= 0.3 is 0 Å². The number of amides is 1. The summed E-state index contributed by atoms with van der Waals surface area (Å²) in [6.07, 6.45) is 1.60. The lowest BCUT2D eigenvalue weighted by atomic mass is 10.3. The van der Waals surface area contributed by atoms with Crippen LogP contribution < -0.4 is 0 Å². The standard InChI is InChI=1S/C13H13BrN2O2/c1-9-5-6-10(18-9)8-16(2)13(17)12-11(14)4-3-7-15-12/h3-7H,8H2,1-2H3. The van der Waals surface area contributed by atoms with E-state index in [0.29, 0.717) is 16.7 Å². The highest BCUT2D eigenvalue weighted by molar-refractivity contribution is 9.10. The zero-order chi connectivity index (χ0) is 13.1. The molecule has 0 saturated carbocycles. The molecule has 4 nitrogen and oxygen atoms in total. The van der Waals surface area contributed by atoms with Gasteiger partial charge in [-0.2, -0.15) is 0 Å².